The number of carbonyl (C=O) groups is 6. The molecule has 40 heteroatoms. The Morgan fingerprint density at radius 1 is 0.568 bits per heavy atom. The van der Waals surface area contributed by atoms with Crippen molar-refractivity contribution in [1.82, 2.24) is 69.0 Å². The van der Waals surface area contributed by atoms with E-state index in [1.165, 1.54) is 97.4 Å². The van der Waals surface area contributed by atoms with Gasteiger partial charge in [0.15, 0.2) is 22.6 Å². The van der Waals surface area contributed by atoms with Gasteiger partial charge in [-0.1, -0.05) is 0 Å². The molecule has 12 aromatic rings. The third kappa shape index (κ3) is 26.8. The van der Waals surface area contributed by atoms with E-state index in [0.29, 0.717) is 105 Å². The number of fused-ring (bicyclic) bond motifs is 5. The molecule has 0 unspecified atom stereocenters. The van der Waals surface area contributed by atoms with Crippen molar-refractivity contribution in [2.45, 2.75) is 176 Å². The van der Waals surface area contributed by atoms with E-state index in [-0.39, 0.29) is 120 Å². The summed E-state index contributed by atoms with van der Waals surface area (Å²) in [6.45, 7) is 28.2. The fourth-order valence-electron chi connectivity index (χ4n) is 12.3. The molecule has 0 saturated heterocycles. The first kappa shape index (κ1) is 97.1. The van der Waals surface area contributed by atoms with Gasteiger partial charge in [-0.3, -0.25) is 9.59 Å². The second-order valence-electron chi connectivity index (χ2n) is 30.7. The van der Waals surface area contributed by atoms with Crippen molar-refractivity contribution in [3.63, 3.8) is 0 Å². The van der Waals surface area contributed by atoms with Crippen LogP contribution in [-0.2, 0) is 19.0 Å². The van der Waals surface area contributed by atoms with Gasteiger partial charge in [-0.05, 0) is 207 Å². The predicted molar refractivity (Wildman–Crippen MR) is 449 cm³/mol. The Labute approximate surface area is 728 Å². The average molecular weight is 1730 g/mol. The van der Waals surface area contributed by atoms with Crippen LogP contribution >= 0.6 is 0 Å². The van der Waals surface area contributed by atoms with Gasteiger partial charge >= 0.3 is 48.8 Å². The molecule has 4 aromatic carbocycles. The number of benzene rings is 4. The minimum absolute atomic E-state index is 0. The standard InChI is InChI=1S/C26H33FN4O5.C23H28FN5O5.C18H20FN5O3.C18H18FN5O2.Li.H2O/c1-7-34-25(33)20-15-28-31-13-12-22(30-24(20)31)29-17(3)19-14-18(27)9-10-21(19)35-16(2)8-11-23(32)36-26(4,5)6;1-13(11-25-22(32)34-23(3,4)5)33-18-7-6-15(24)10-16(18)14(2)27-19-8-9-29-20(28-19)17(12-26-29)21(30)31;1-10(8-20)27-15-4-3-12(19)7-13(15)11(2)22-16-5-6-24-17(23-16)14(9-21-24)18(25)26;1-10-8-20-18(25)14-9-21-24-6-5-16(23-17(14)24)22-11(2)13-7-12(19)3-4-15(13)26-10;;/h9-10,12-17H,7-8,11H2,1-6H3,(H,29,30);6-10,12-14H,11H2,1-5H3,(H,25,32)(H,27,28)(H,30,31);3-7,9-11H,8,20H2,1-2H3,(H,22,23)(H,25,26);3-7,9-11H,8H2,1-2H3,(H,20,25)(H,22,23);;1H2/q;;;;+1;/p-1/t16-,17+;13-,14+;2*10-,11+;;/m0000../s1. The molecule has 0 saturated carbocycles. The Morgan fingerprint density at radius 2 is 0.992 bits per heavy atom. The number of halogens is 4. The van der Waals surface area contributed by atoms with Crippen molar-refractivity contribution >= 4 is 81.7 Å². The molecule has 11 N–H and O–H groups in total. The van der Waals surface area contributed by atoms with E-state index in [9.17, 15) is 56.5 Å². The number of anilines is 4. The smallest absolute Gasteiger partial charge is 0.870 e. The minimum Gasteiger partial charge on any atom is -0.870 e. The molecular formula is C85H100F4LiN19O16. The average Bonchev–Trinajstić information content (AvgIpc) is 1.74. The molecule has 9 heterocycles. The summed E-state index contributed by atoms with van der Waals surface area (Å²) in [7, 11) is 0. The van der Waals surface area contributed by atoms with Crippen molar-refractivity contribution in [3.05, 3.63) is 214 Å². The number of nitrogens with zero attached hydrogens (tertiary/aromatic N) is 12. The molecule has 1 aliphatic heterocycles. The second-order valence-corrected chi connectivity index (χ2v) is 30.7. The van der Waals surface area contributed by atoms with E-state index in [0.717, 1.165) is 0 Å². The monoisotopic (exact) mass is 1730 g/mol. The van der Waals surface area contributed by atoms with Gasteiger partial charge in [-0.15, -0.1) is 0 Å². The molecule has 35 nitrogen and oxygen atoms in total. The maximum Gasteiger partial charge on any atom is 1.00 e. The summed E-state index contributed by atoms with van der Waals surface area (Å²) in [6, 6.07) is 22.4. The number of alkyl carbamates (subject to hydrolysis) is 1. The van der Waals surface area contributed by atoms with Gasteiger partial charge in [0.1, 0.15) is 121 Å². The molecule has 13 rings (SSSR count). The van der Waals surface area contributed by atoms with Gasteiger partial charge < -0.3 is 86.5 Å². The first-order valence-corrected chi connectivity index (χ1v) is 39.4. The number of ether oxygens (including phenoxy) is 7. The molecule has 0 fully saturated rings. The van der Waals surface area contributed by atoms with Gasteiger partial charge in [0, 0.05) is 60.0 Å². The SMILES string of the molecule is CCOC(=O)c1cnn2ccc(N[C@H](C)c3cc(F)ccc3O[C@@H](C)CCC(=O)OC(C)(C)C)nc12.C[C@@H](CN)Oc1ccc(F)cc1[C@@H](C)Nc1ccn2ncc(C(=O)O)c2n1.C[C@@H](CNC(=O)OC(C)(C)C)Oc1ccc(F)cc1[C@@H](C)Nc1ccn2ncc(C(=O)O)c2n1.C[C@H]1CNC(=O)c2cnn3ccc(nc23)N[C@H](C)c2cc(F)ccc2O1.[Li+].[OH-]. The number of carboxylic acid groups (broad SMARTS) is 2. The van der Waals surface area contributed by atoms with Crippen molar-refractivity contribution in [2.75, 3.05) is 47.5 Å². The summed E-state index contributed by atoms with van der Waals surface area (Å²) in [6.07, 6.45) is 10.8. The number of carboxylic acids is 2. The summed E-state index contributed by atoms with van der Waals surface area (Å²) in [5.41, 5.74) is 8.63. The molecule has 0 aliphatic carbocycles. The Kier molecular flexibility index (Phi) is 33.5. The fourth-order valence-corrected chi connectivity index (χ4v) is 12.3. The maximum atomic E-state index is 14.2. The topological polar surface area (TPSA) is 456 Å². The van der Waals surface area contributed by atoms with E-state index < -0.39 is 70.8 Å². The molecule has 660 valence electrons. The van der Waals surface area contributed by atoms with E-state index in [1.807, 2.05) is 62.3 Å². The number of esters is 2. The molecule has 1 aliphatic rings. The first-order chi connectivity index (χ1) is 58.3. The number of nitrogens with two attached hydrogens (primary N) is 1. The number of nitrogens with one attached hydrogen (secondary N) is 6. The van der Waals surface area contributed by atoms with Crippen LogP contribution in [0.5, 0.6) is 23.0 Å². The Hall–Kier alpha value is -13.4. The van der Waals surface area contributed by atoms with Crippen LogP contribution in [0.2, 0.25) is 0 Å². The van der Waals surface area contributed by atoms with Crippen molar-refractivity contribution in [2.24, 2.45) is 5.73 Å². The van der Waals surface area contributed by atoms with Crippen molar-refractivity contribution in [1.29, 1.82) is 0 Å². The zero-order valence-electron chi connectivity index (χ0n) is 71.8. The van der Waals surface area contributed by atoms with Crippen LogP contribution in [0.1, 0.15) is 205 Å². The Bertz CT molecular complexity index is 5770. The Morgan fingerprint density at radius 3 is 1.46 bits per heavy atom. The molecule has 8 atom stereocenters. The van der Waals surface area contributed by atoms with Gasteiger partial charge in [0.25, 0.3) is 5.91 Å². The van der Waals surface area contributed by atoms with E-state index >= 15 is 0 Å². The van der Waals surface area contributed by atoms with Crippen LogP contribution in [0, 0.1) is 23.3 Å². The number of rotatable bonds is 25. The molecular weight excluding hydrogens is 1630 g/mol. The number of hydrogen-bond acceptors (Lipinski definition) is 27. The summed E-state index contributed by atoms with van der Waals surface area (Å²) in [5.74, 6) is -1.06. The van der Waals surface area contributed by atoms with Crippen LogP contribution in [0.4, 0.5) is 45.6 Å². The Balaban J connectivity index is 0.000000207. The zero-order valence-corrected chi connectivity index (χ0v) is 71.8. The van der Waals surface area contributed by atoms with E-state index in [1.54, 1.807) is 109 Å². The molecule has 125 heavy (non-hydrogen) atoms. The van der Waals surface area contributed by atoms with Crippen LogP contribution < -0.4 is 75.4 Å². The quantitative estimate of drug-likeness (QED) is 0.0111. The molecule has 2 bridgehead atoms. The first-order valence-electron chi connectivity index (χ1n) is 39.4. The number of hydrogen-bond donors (Lipinski definition) is 9. The minimum atomic E-state index is -1.14. The molecule has 0 radical (unpaired) electrons. The number of aromatic nitrogens is 12. The van der Waals surface area contributed by atoms with Gasteiger partial charge in [-0.2, -0.15) is 20.4 Å². The van der Waals surface area contributed by atoms with Crippen LogP contribution in [0.15, 0.2) is 147 Å². The van der Waals surface area contributed by atoms with E-state index in [2.05, 4.69) is 72.2 Å². The number of aromatic carboxylic acids is 2. The third-order valence-corrected chi connectivity index (χ3v) is 18.2. The predicted octanol–water partition coefficient (Wildman–Crippen LogP) is 11.0. The molecule has 2 amide bonds. The zero-order chi connectivity index (χ0) is 89.3. The maximum absolute atomic E-state index is 14.2. The van der Waals surface area contributed by atoms with Gasteiger partial charge in [0.2, 0.25) is 0 Å². The summed E-state index contributed by atoms with van der Waals surface area (Å²) in [4.78, 5) is 88.8. The molecule has 8 aromatic heterocycles. The van der Waals surface area contributed by atoms with Crippen LogP contribution in [-0.4, -0.2) is 172 Å². The van der Waals surface area contributed by atoms with Crippen LogP contribution in [0.25, 0.3) is 22.6 Å². The van der Waals surface area contributed by atoms with Gasteiger partial charge in [0.05, 0.1) is 74.8 Å². The fraction of sp³-hybridized carbons (Fsp3) is 0.365. The van der Waals surface area contributed by atoms with Crippen LogP contribution in [0.3, 0.4) is 0 Å². The normalized spacial score (nSPS) is 14.5. The summed E-state index contributed by atoms with van der Waals surface area (Å²) in [5, 5.41) is 52.9. The van der Waals surface area contributed by atoms with Crippen molar-refractivity contribution in [3.8, 4) is 23.0 Å². The second kappa shape index (κ2) is 43.1. The molecule has 0 spiro atoms. The summed E-state index contributed by atoms with van der Waals surface area (Å²) >= 11 is 0. The number of carbonyl (C=O) groups excluding carboxylic acids is 4. The third-order valence-electron chi connectivity index (χ3n) is 18.2. The van der Waals surface area contributed by atoms with Crippen molar-refractivity contribution < 1.29 is 114 Å². The number of amides is 2. The van der Waals surface area contributed by atoms with Gasteiger partial charge in [-0.25, -0.2) is 74.7 Å². The summed E-state index contributed by atoms with van der Waals surface area (Å²) < 4.78 is 101. The van der Waals surface area contributed by atoms with E-state index in [4.69, 9.17) is 38.9 Å². The largest absolute Gasteiger partial charge is 1.00 e.